The normalized spacial score (nSPS) is 12.5. The topological polar surface area (TPSA) is 55.1 Å². The first-order valence-electron chi connectivity index (χ1n) is 6.57. The summed E-state index contributed by atoms with van der Waals surface area (Å²) in [6.45, 7) is 8.32. The molecule has 0 saturated heterocycles. The zero-order valence-electron chi connectivity index (χ0n) is 11.8. The molecule has 0 fully saturated rings. The SMILES string of the molecule is Cc1cccc(C(=O)NC(C)CCC(C)C)c1N. The number of nitrogens with two attached hydrogens (primary N) is 1. The Morgan fingerprint density at radius 2 is 1.94 bits per heavy atom. The van der Waals surface area contributed by atoms with Gasteiger partial charge in [0.1, 0.15) is 0 Å². The number of para-hydroxylation sites is 1. The number of carbonyl (C=O) groups is 1. The van der Waals surface area contributed by atoms with Crippen LogP contribution in [-0.4, -0.2) is 11.9 Å². The fourth-order valence-electron chi connectivity index (χ4n) is 1.84. The zero-order valence-corrected chi connectivity index (χ0v) is 11.8. The molecule has 3 nitrogen and oxygen atoms in total. The van der Waals surface area contributed by atoms with Gasteiger partial charge in [0.25, 0.3) is 5.91 Å². The van der Waals surface area contributed by atoms with E-state index < -0.39 is 0 Å². The van der Waals surface area contributed by atoms with Crippen LogP contribution in [0.25, 0.3) is 0 Å². The van der Waals surface area contributed by atoms with E-state index in [9.17, 15) is 4.79 Å². The third-order valence-electron chi connectivity index (χ3n) is 3.12. The molecule has 3 N–H and O–H groups in total. The molecule has 1 unspecified atom stereocenters. The summed E-state index contributed by atoms with van der Waals surface area (Å²) in [6, 6.07) is 5.72. The lowest BCUT2D eigenvalue weighted by molar-refractivity contribution is 0.0938. The Morgan fingerprint density at radius 1 is 1.28 bits per heavy atom. The molecular weight excluding hydrogens is 224 g/mol. The van der Waals surface area contributed by atoms with E-state index in [0.717, 1.165) is 18.4 Å². The van der Waals surface area contributed by atoms with E-state index in [1.165, 1.54) is 0 Å². The van der Waals surface area contributed by atoms with E-state index in [0.29, 0.717) is 17.2 Å². The van der Waals surface area contributed by atoms with Gasteiger partial charge in [-0.25, -0.2) is 0 Å². The Hall–Kier alpha value is -1.51. The highest BCUT2D eigenvalue weighted by atomic mass is 16.1. The second-order valence-corrected chi connectivity index (χ2v) is 5.38. The van der Waals surface area contributed by atoms with Crippen molar-refractivity contribution in [3.8, 4) is 0 Å². The van der Waals surface area contributed by atoms with Gasteiger partial charge in [-0.2, -0.15) is 0 Å². The summed E-state index contributed by atoms with van der Waals surface area (Å²) >= 11 is 0. The van der Waals surface area contributed by atoms with Crippen LogP contribution in [0.2, 0.25) is 0 Å². The van der Waals surface area contributed by atoms with Crippen molar-refractivity contribution in [1.29, 1.82) is 0 Å². The summed E-state index contributed by atoms with van der Waals surface area (Å²) in [6.07, 6.45) is 2.11. The molecule has 0 saturated carbocycles. The van der Waals surface area contributed by atoms with Gasteiger partial charge in [-0.15, -0.1) is 0 Å². The highest BCUT2D eigenvalue weighted by Crippen LogP contribution is 2.16. The third kappa shape index (κ3) is 4.06. The first-order valence-corrected chi connectivity index (χ1v) is 6.57. The van der Waals surface area contributed by atoms with Crippen molar-refractivity contribution in [2.45, 2.75) is 46.6 Å². The summed E-state index contributed by atoms with van der Waals surface area (Å²) < 4.78 is 0. The number of benzene rings is 1. The monoisotopic (exact) mass is 248 g/mol. The average Bonchev–Trinajstić information content (AvgIpc) is 2.30. The van der Waals surface area contributed by atoms with Crippen LogP contribution in [0, 0.1) is 12.8 Å². The van der Waals surface area contributed by atoms with Crippen LogP contribution in [0.5, 0.6) is 0 Å². The van der Waals surface area contributed by atoms with Crippen LogP contribution in [0.3, 0.4) is 0 Å². The van der Waals surface area contributed by atoms with E-state index in [4.69, 9.17) is 5.73 Å². The summed E-state index contributed by atoms with van der Waals surface area (Å²) in [5, 5.41) is 3.00. The molecule has 1 amide bonds. The number of nitrogens with one attached hydrogen (secondary N) is 1. The highest BCUT2D eigenvalue weighted by Gasteiger charge is 2.13. The molecule has 0 spiro atoms. The van der Waals surface area contributed by atoms with Crippen LogP contribution < -0.4 is 11.1 Å². The molecule has 0 aromatic heterocycles. The minimum absolute atomic E-state index is 0.0764. The van der Waals surface area contributed by atoms with Gasteiger partial charge >= 0.3 is 0 Å². The minimum Gasteiger partial charge on any atom is -0.398 e. The fraction of sp³-hybridized carbons (Fsp3) is 0.533. The Morgan fingerprint density at radius 3 is 2.56 bits per heavy atom. The van der Waals surface area contributed by atoms with Crippen molar-refractivity contribution in [2.24, 2.45) is 5.92 Å². The van der Waals surface area contributed by atoms with Crippen molar-refractivity contribution in [3.05, 3.63) is 29.3 Å². The molecule has 100 valence electrons. The van der Waals surface area contributed by atoms with Gasteiger partial charge in [-0.3, -0.25) is 4.79 Å². The molecule has 0 bridgehead atoms. The maximum absolute atomic E-state index is 12.1. The Kier molecular flexibility index (Phi) is 5.20. The summed E-state index contributed by atoms with van der Waals surface area (Å²) in [4.78, 5) is 12.1. The average molecular weight is 248 g/mol. The quantitative estimate of drug-likeness (QED) is 0.787. The van der Waals surface area contributed by atoms with Gasteiger partial charge in [-0.1, -0.05) is 26.0 Å². The summed E-state index contributed by atoms with van der Waals surface area (Å²) in [5.74, 6) is 0.584. The zero-order chi connectivity index (χ0) is 13.7. The number of amides is 1. The maximum Gasteiger partial charge on any atom is 0.253 e. The second kappa shape index (κ2) is 6.43. The smallest absolute Gasteiger partial charge is 0.253 e. The minimum atomic E-state index is -0.0764. The number of rotatable bonds is 5. The predicted octanol–water partition coefficient (Wildman–Crippen LogP) is 3.13. The van der Waals surface area contributed by atoms with E-state index >= 15 is 0 Å². The second-order valence-electron chi connectivity index (χ2n) is 5.38. The van der Waals surface area contributed by atoms with E-state index in [1.807, 2.05) is 26.0 Å². The maximum atomic E-state index is 12.1. The predicted molar refractivity (Wildman–Crippen MR) is 76.6 cm³/mol. The van der Waals surface area contributed by atoms with Crippen molar-refractivity contribution in [2.75, 3.05) is 5.73 Å². The van der Waals surface area contributed by atoms with E-state index in [2.05, 4.69) is 19.2 Å². The lowest BCUT2D eigenvalue weighted by Crippen LogP contribution is -2.33. The number of hydrogen-bond acceptors (Lipinski definition) is 2. The first-order chi connectivity index (χ1) is 8.41. The van der Waals surface area contributed by atoms with Gasteiger partial charge in [0.05, 0.1) is 5.56 Å². The molecule has 0 aliphatic rings. The summed E-state index contributed by atoms with van der Waals surface area (Å²) in [7, 11) is 0. The highest BCUT2D eigenvalue weighted by molar-refractivity contribution is 5.99. The van der Waals surface area contributed by atoms with Crippen LogP contribution in [0.15, 0.2) is 18.2 Å². The molecule has 0 heterocycles. The summed E-state index contributed by atoms with van der Waals surface area (Å²) in [5.41, 5.74) is 8.01. The molecule has 3 heteroatoms. The van der Waals surface area contributed by atoms with Gasteiger partial charge in [0.2, 0.25) is 0 Å². The largest absolute Gasteiger partial charge is 0.398 e. The van der Waals surface area contributed by atoms with Crippen LogP contribution in [-0.2, 0) is 0 Å². The lowest BCUT2D eigenvalue weighted by Gasteiger charge is -2.16. The lowest BCUT2D eigenvalue weighted by atomic mass is 10.0. The fourth-order valence-corrected chi connectivity index (χ4v) is 1.84. The molecule has 0 radical (unpaired) electrons. The van der Waals surface area contributed by atoms with Crippen molar-refractivity contribution in [3.63, 3.8) is 0 Å². The standard InChI is InChI=1S/C15H24N2O/c1-10(2)8-9-12(4)17-15(18)13-7-5-6-11(3)14(13)16/h5-7,10,12H,8-9,16H2,1-4H3,(H,17,18). The molecule has 1 aromatic rings. The van der Waals surface area contributed by atoms with Gasteiger partial charge in [0.15, 0.2) is 0 Å². The number of hydrogen-bond donors (Lipinski definition) is 2. The molecule has 1 aromatic carbocycles. The van der Waals surface area contributed by atoms with Gasteiger partial charge in [-0.05, 0) is 44.2 Å². The Labute approximate surface area is 110 Å². The van der Waals surface area contributed by atoms with Crippen LogP contribution in [0.4, 0.5) is 5.69 Å². The van der Waals surface area contributed by atoms with Gasteiger partial charge < -0.3 is 11.1 Å². The molecular formula is C15H24N2O. The molecule has 18 heavy (non-hydrogen) atoms. The van der Waals surface area contributed by atoms with Crippen molar-refractivity contribution < 1.29 is 4.79 Å². The molecule has 0 aliphatic heterocycles. The Bertz CT molecular complexity index is 413. The number of aryl methyl sites for hydroxylation is 1. The molecule has 1 atom stereocenters. The van der Waals surface area contributed by atoms with E-state index in [-0.39, 0.29) is 11.9 Å². The van der Waals surface area contributed by atoms with Crippen LogP contribution in [0.1, 0.15) is 49.5 Å². The number of anilines is 1. The van der Waals surface area contributed by atoms with E-state index in [1.54, 1.807) is 6.07 Å². The van der Waals surface area contributed by atoms with Crippen LogP contribution >= 0.6 is 0 Å². The van der Waals surface area contributed by atoms with Crippen molar-refractivity contribution in [1.82, 2.24) is 5.32 Å². The number of nitrogen functional groups attached to an aromatic ring is 1. The molecule has 0 aliphatic carbocycles. The first kappa shape index (κ1) is 14.6. The number of carbonyl (C=O) groups excluding carboxylic acids is 1. The van der Waals surface area contributed by atoms with Gasteiger partial charge in [0, 0.05) is 11.7 Å². The third-order valence-corrected chi connectivity index (χ3v) is 3.12. The molecule has 1 rings (SSSR count). The Balaban J connectivity index is 2.62. The van der Waals surface area contributed by atoms with Crippen molar-refractivity contribution >= 4 is 11.6 Å².